The van der Waals surface area contributed by atoms with Crippen molar-refractivity contribution in [2.75, 3.05) is 18.4 Å². The highest BCUT2D eigenvalue weighted by Crippen LogP contribution is 2.60. The molecule has 0 spiro atoms. The van der Waals surface area contributed by atoms with Crippen LogP contribution in [0, 0.1) is 11.8 Å². The van der Waals surface area contributed by atoms with Crippen LogP contribution in [0.25, 0.3) is 0 Å². The predicted molar refractivity (Wildman–Crippen MR) is 89.8 cm³/mol. The minimum absolute atomic E-state index is 0.254. The average molecular weight is 350 g/mol. The standard InChI is InChI=1S/C18H24BrNO/c1-2-3-11-20(12-10-19)18(21)17-15-9-8-13-6-4-5-7-14(13)16(15)17/h4-7,15-17H,2-3,8-12H2,1H3. The Balaban J connectivity index is 1.72. The molecule has 3 atom stereocenters. The molecular formula is C18H24BrNO. The molecule has 3 heteroatoms. The largest absolute Gasteiger partial charge is 0.342 e. The van der Waals surface area contributed by atoms with E-state index >= 15 is 0 Å². The molecule has 0 aliphatic heterocycles. The van der Waals surface area contributed by atoms with Gasteiger partial charge in [0.25, 0.3) is 0 Å². The van der Waals surface area contributed by atoms with Gasteiger partial charge in [0.1, 0.15) is 0 Å². The number of alkyl halides is 1. The molecule has 0 radical (unpaired) electrons. The molecule has 2 nitrogen and oxygen atoms in total. The molecule has 3 unspecified atom stereocenters. The Labute approximate surface area is 136 Å². The number of benzene rings is 1. The van der Waals surface area contributed by atoms with Gasteiger partial charge in [0.2, 0.25) is 5.91 Å². The number of hydrogen-bond acceptors (Lipinski definition) is 1. The highest BCUT2D eigenvalue weighted by atomic mass is 79.9. The maximum Gasteiger partial charge on any atom is 0.226 e. The summed E-state index contributed by atoms with van der Waals surface area (Å²) in [4.78, 5) is 15.0. The van der Waals surface area contributed by atoms with E-state index in [0.29, 0.717) is 17.7 Å². The number of hydrogen-bond donors (Lipinski definition) is 0. The Bertz CT molecular complexity index is 516. The number of aryl methyl sites for hydroxylation is 1. The Morgan fingerprint density at radius 2 is 2.14 bits per heavy atom. The minimum Gasteiger partial charge on any atom is -0.342 e. The number of fused-ring (bicyclic) bond motifs is 3. The average Bonchev–Trinajstić information content (AvgIpc) is 3.25. The number of unbranched alkanes of at least 4 members (excludes halogenated alkanes) is 1. The second-order valence-corrected chi connectivity index (χ2v) is 7.11. The zero-order chi connectivity index (χ0) is 14.8. The predicted octanol–water partition coefficient (Wildman–Crippen LogP) is 3.99. The van der Waals surface area contributed by atoms with Gasteiger partial charge >= 0.3 is 0 Å². The summed E-state index contributed by atoms with van der Waals surface area (Å²) in [5.74, 6) is 1.76. The van der Waals surface area contributed by atoms with Crippen LogP contribution >= 0.6 is 15.9 Å². The van der Waals surface area contributed by atoms with E-state index in [4.69, 9.17) is 0 Å². The Morgan fingerprint density at radius 1 is 1.33 bits per heavy atom. The molecule has 2 aliphatic rings. The normalized spacial score (nSPS) is 25.9. The summed E-state index contributed by atoms with van der Waals surface area (Å²) in [6.07, 6.45) is 4.59. The van der Waals surface area contributed by atoms with Gasteiger partial charge in [-0.25, -0.2) is 0 Å². The van der Waals surface area contributed by atoms with E-state index in [9.17, 15) is 4.79 Å². The van der Waals surface area contributed by atoms with Crippen molar-refractivity contribution in [3.8, 4) is 0 Å². The first-order chi connectivity index (χ1) is 10.3. The summed E-state index contributed by atoms with van der Waals surface area (Å²) in [7, 11) is 0. The summed E-state index contributed by atoms with van der Waals surface area (Å²) < 4.78 is 0. The fourth-order valence-electron chi connectivity index (χ4n) is 3.90. The Hall–Kier alpha value is -0.830. The maximum atomic E-state index is 12.9. The van der Waals surface area contributed by atoms with Gasteiger partial charge in [0.15, 0.2) is 0 Å². The number of rotatable bonds is 6. The van der Waals surface area contributed by atoms with Crippen molar-refractivity contribution in [1.29, 1.82) is 0 Å². The number of carbonyl (C=O) groups is 1. The van der Waals surface area contributed by atoms with Crippen molar-refractivity contribution in [3.63, 3.8) is 0 Å². The van der Waals surface area contributed by atoms with Crippen molar-refractivity contribution in [1.82, 2.24) is 4.90 Å². The summed E-state index contributed by atoms with van der Waals surface area (Å²) in [5, 5.41) is 0.876. The van der Waals surface area contributed by atoms with Crippen LogP contribution in [0.3, 0.4) is 0 Å². The molecule has 0 N–H and O–H groups in total. The van der Waals surface area contributed by atoms with E-state index < -0.39 is 0 Å². The molecule has 21 heavy (non-hydrogen) atoms. The minimum atomic E-state index is 0.254. The van der Waals surface area contributed by atoms with Crippen LogP contribution in [0.4, 0.5) is 0 Å². The van der Waals surface area contributed by atoms with Gasteiger partial charge in [-0.15, -0.1) is 0 Å². The van der Waals surface area contributed by atoms with Crippen LogP contribution in [0.15, 0.2) is 24.3 Å². The second kappa shape index (κ2) is 6.51. The molecule has 2 aliphatic carbocycles. The molecular weight excluding hydrogens is 326 g/mol. The Morgan fingerprint density at radius 3 is 2.90 bits per heavy atom. The molecule has 0 saturated heterocycles. The monoisotopic (exact) mass is 349 g/mol. The van der Waals surface area contributed by atoms with Gasteiger partial charge in [-0.1, -0.05) is 53.5 Å². The van der Waals surface area contributed by atoms with Crippen LogP contribution in [-0.4, -0.2) is 29.2 Å². The number of nitrogens with zero attached hydrogens (tertiary/aromatic N) is 1. The molecule has 3 rings (SSSR count). The van der Waals surface area contributed by atoms with Crippen LogP contribution in [0.2, 0.25) is 0 Å². The summed E-state index contributed by atoms with van der Waals surface area (Å²) in [6, 6.07) is 8.71. The van der Waals surface area contributed by atoms with Gasteiger partial charge < -0.3 is 4.90 Å². The summed E-state index contributed by atoms with van der Waals surface area (Å²) in [6.45, 7) is 3.94. The zero-order valence-corrected chi connectivity index (χ0v) is 14.3. The van der Waals surface area contributed by atoms with E-state index in [1.807, 2.05) is 0 Å². The first-order valence-electron chi connectivity index (χ1n) is 8.20. The van der Waals surface area contributed by atoms with Crippen LogP contribution in [-0.2, 0) is 11.2 Å². The third-order valence-electron chi connectivity index (χ3n) is 5.06. The van der Waals surface area contributed by atoms with Crippen molar-refractivity contribution in [3.05, 3.63) is 35.4 Å². The quantitative estimate of drug-likeness (QED) is 0.711. The molecule has 114 valence electrons. The SMILES string of the molecule is CCCCN(CCBr)C(=O)C1C2CCc3ccccc3C21. The third-order valence-corrected chi connectivity index (χ3v) is 5.42. The van der Waals surface area contributed by atoms with E-state index in [0.717, 1.165) is 37.7 Å². The first-order valence-corrected chi connectivity index (χ1v) is 9.32. The molecule has 1 saturated carbocycles. The molecule has 1 aromatic rings. The van der Waals surface area contributed by atoms with Crippen molar-refractivity contribution in [2.24, 2.45) is 11.8 Å². The van der Waals surface area contributed by atoms with Gasteiger partial charge in [-0.2, -0.15) is 0 Å². The third kappa shape index (κ3) is 2.90. The number of amides is 1. The van der Waals surface area contributed by atoms with Gasteiger partial charge in [-0.05, 0) is 42.2 Å². The smallest absolute Gasteiger partial charge is 0.226 e. The fourth-order valence-corrected chi connectivity index (χ4v) is 4.33. The van der Waals surface area contributed by atoms with E-state index in [1.165, 1.54) is 17.5 Å². The fraction of sp³-hybridized carbons (Fsp3) is 0.611. The van der Waals surface area contributed by atoms with Crippen molar-refractivity contribution >= 4 is 21.8 Å². The Kier molecular flexibility index (Phi) is 4.68. The second-order valence-electron chi connectivity index (χ2n) is 6.32. The topological polar surface area (TPSA) is 20.3 Å². The van der Waals surface area contributed by atoms with Crippen LogP contribution in [0.1, 0.15) is 43.2 Å². The highest BCUT2D eigenvalue weighted by molar-refractivity contribution is 9.09. The molecule has 0 aromatic heterocycles. The number of carbonyl (C=O) groups excluding carboxylic acids is 1. The van der Waals surface area contributed by atoms with Gasteiger partial charge in [0, 0.05) is 24.3 Å². The van der Waals surface area contributed by atoms with E-state index in [2.05, 4.69) is 52.0 Å². The summed E-state index contributed by atoms with van der Waals surface area (Å²) in [5.41, 5.74) is 2.91. The lowest BCUT2D eigenvalue weighted by Gasteiger charge is -2.22. The van der Waals surface area contributed by atoms with E-state index in [1.54, 1.807) is 0 Å². The lowest BCUT2D eigenvalue weighted by atomic mass is 9.92. The van der Waals surface area contributed by atoms with E-state index in [-0.39, 0.29) is 5.92 Å². The maximum absolute atomic E-state index is 12.9. The highest BCUT2D eigenvalue weighted by Gasteiger charge is 2.57. The van der Waals surface area contributed by atoms with Crippen LogP contribution < -0.4 is 0 Å². The molecule has 1 amide bonds. The van der Waals surface area contributed by atoms with Crippen LogP contribution in [0.5, 0.6) is 0 Å². The lowest BCUT2D eigenvalue weighted by molar-refractivity contribution is -0.132. The van der Waals surface area contributed by atoms with Crippen molar-refractivity contribution < 1.29 is 4.79 Å². The van der Waals surface area contributed by atoms with Crippen molar-refractivity contribution in [2.45, 2.75) is 38.5 Å². The molecule has 1 aromatic carbocycles. The lowest BCUT2D eigenvalue weighted by Crippen LogP contribution is -2.35. The van der Waals surface area contributed by atoms with Gasteiger partial charge in [0.05, 0.1) is 0 Å². The first kappa shape index (κ1) is 15.1. The molecule has 0 heterocycles. The summed E-state index contributed by atoms with van der Waals surface area (Å²) >= 11 is 3.49. The zero-order valence-electron chi connectivity index (χ0n) is 12.7. The molecule has 1 fully saturated rings. The molecule has 0 bridgehead atoms. The number of halogens is 1. The van der Waals surface area contributed by atoms with Gasteiger partial charge in [-0.3, -0.25) is 4.79 Å².